The number of nitrogens with one attached hydrogen (secondary N) is 1. The van der Waals surface area contributed by atoms with Crippen molar-refractivity contribution in [2.45, 2.75) is 32.2 Å². The summed E-state index contributed by atoms with van der Waals surface area (Å²) in [5, 5.41) is 15.3. The summed E-state index contributed by atoms with van der Waals surface area (Å²) in [5.41, 5.74) is 2.36. The molecule has 2 heterocycles. The fraction of sp³-hybridized carbons (Fsp3) is 0.357. The Bertz CT molecular complexity index is 626. The monoisotopic (exact) mass is 289 g/mol. The first kappa shape index (κ1) is 13.1. The lowest BCUT2D eigenvalue weighted by Gasteiger charge is -2.17. The second-order valence-electron chi connectivity index (χ2n) is 4.78. The summed E-state index contributed by atoms with van der Waals surface area (Å²) in [7, 11) is 0. The van der Waals surface area contributed by atoms with Crippen molar-refractivity contribution in [2.24, 2.45) is 0 Å². The van der Waals surface area contributed by atoms with Gasteiger partial charge in [0.15, 0.2) is 0 Å². The van der Waals surface area contributed by atoms with Gasteiger partial charge < -0.3 is 10.4 Å². The van der Waals surface area contributed by atoms with Gasteiger partial charge in [0.2, 0.25) is 0 Å². The van der Waals surface area contributed by atoms with Crippen molar-refractivity contribution in [3.63, 3.8) is 0 Å². The van der Waals surface area contributed by atoms with Crippen LogP contribution in [0.5, 0.6) is 0 Å². The van der Waals surface area contributed by atoms with Crippen LogP contribution in [0.25, 0.3) is 0 Å². The number of aromatic carboxylic acids is 1. The van der Waals surface area contributed by atoms with Crippen molar-refractivity contribution in [1.29, 1.82) is 0 Å². The summed E-state index contributed by atoms with van der Waals surface area (Å²) in [6, 6.07) is 1.77. The van der Waals surface area contributed by atoms with E-state index in [2.05, 4.69) is 15.3 Å². The van der Waals surface area contributed by atoms with E-state index in [0.717, 1.165) is 41.9 Å². The van der Waals surface area contributed by atoms with Crippen LogP contribution >= 0.6 is 11.3 Å². The van der Waals surface area contributed by atoms with Gasteiger partial charge in [-0.25, -0.2) is 14.8 Å². The normalized spacial score (nSPS) is 13.8. The predicted molar refractivity (Wildman–Crippen MR) is 77.3 cm³/mol. The summed E-state index contributed by atoms with van der Waals surface area (Å²) < 4.78 is 0. The molecule has 0 radical (unpaired) electrons. The highest BCUT2D eigenvalue weighted by molar-refractivity contribution is 7.09. The van der Waals surface area contributed by atoms with E-state index in [1.807, 2.05) is 5.38 Å². The zero-order valence-corrected chi connectivity index (χ0v) is 11.7. The highest BCUT2D eigenvalue weighted by Crippen LogP contribution is 2.25. The van der Waals surface area contributed by atoms with Gasteiger partial charge in [-0.15, -0.1) is 11.3 Å². The summed E-state index contributed by atoms with van der Waals surface area (Å²) in [6.45, 7) is 0.504. The zero-order valence-electron chi connectivity index (χ0n) is 10.9. The number of nitrogens with zero attached hydrogens (tertiary/aromatic N) is 2. The SMILES string of the molecule is O=C(O)c1cc2c(nc1NCc1nccs1)CCCC2. The highest BCUT2D eigenvalue weighted by atomic mass is 32.1. The van der Waals surface area contributed by atoms with Gasteiger partial charge in [-0.3, -0.25) is 0 Å². The quantitative estimate of drug-likeness (QED) is 0.905. The van der Waals surface area contributed by atoms with Crippen LogP contribution in [0, 0.1) is 0 Å². The molecule has 0 spiro atoms. The Morgan fingerprint density at radius 3 is 3.00 bits per heavy atom. The van der Waals surface area contributed by atoms with Crippen molar-refractivity contribution in [3.05, 3.63) is 39.5 Å². The van der Waals surface area contributed by atoms with E-state index in [0.29, 0.717) is 12.4 Å². The second-order valence-corrected chi connectivity index (χ2v) is 5.76. The fourth-order valence-electron chi connectivity index (χ4n) is 2.43. The molecule has 0 aromatic carbocycles. The molecule has 0 unspecified atom stereocenters. The lowest BCUT2D eigenvalue weighted by molar-refractivity contribution is 0.0697. The topological polar surface area (TPSA) is 75.1 Å². The molecule has 1 aliphatic rings. The Morgan fingerprint density at radius 1 is 1.40 bits per heavy atom. The average molecular weight is 289 g/mol. The van der Waals surface area contributed by atoms with Crippen molar-refractivity contribution >= 4 is 23.1 Å². The fourth-order valence-corrected chi connectivity index (χ4v) is 2.99. The second kappa shape index (κ2) is 5.58. The van der Waals surface area contributed by atoms with Crippen molar-refractivity contribution in [1.82, 2.24) is 9.97 Å². The number of hydrogen-bond acceptors (Lipinski definition) is 5. The Kier molecular flexibility index (Phi) is 3.64. The van der Waals surface area contributed by atoms with Gasteiger partial charge in [-0.1, -0.05) is 0 Å². The number of carboxylic acid groups (broad SMARTS) is 1. The van der Waals surface area contributed by atoms with Crippen LogP contribution in [0.4, 0.5) is 5.82 Å². The van der Waals surface area contributed by atoms with Crippen LogP contribution in [0.3, 0.4) is 0 Å². The van der Waals surface area contributed by atoms with E-state index < -0.39 is 5.97 Å². The number of thiazole rings is 1. The van der Waals surface area contributed by atoms with E-state index in [9.17, 15) is 9.90 Å². The molecule has 0 saturated carbocycles. The maximum Gasteiger partial charge on any atom is 0.339 e. The van der Waals surface area contributed by atoms with Gasteiger partial charge in [-0.2, -0.15) is 0 Å². The highest BCUT2D eigenvalue weighted by Gasteiger charge is 2.18. The molecular formula is C14H15N3O2S. The lowest BCUT2D eigenvalue weighted by Crippen LogP contribution is -2.14. The Hall–Kier alpha value is -1.95. The molecular weight excluding hydrogens is 274 g/mol. The van der Waals surface area contributed by atoms with Crippen LogP contribution in [0.1, 0.15) is 39.5 Å². The standard InChI is InChI=1S/C14H15N3O2S/c18-14(19)10-7-9-3-1-2-4-11(9)17-13(10)16-8-12-15-5-6-20-12/h5-7H,1-4,8H2,(H,16,17)(H,18,19). The Morgan fingerprint density at radius 2 is 2.25 bits per heavy atom. The molecule has 0 aliphatic heterocycles. The number of rotatable bonds is 4. The molecule has 0 atom stereocenters. The number of anilines is 1. The first-order valence-electron chi connectivity index (χ1n) is 6.62. The van der Waals surface area contributed by atoms with E-state index >= 15 is 0 Å². The summed E-state index contributed by atoms with van der Waals surface area (Å²) in [4.78, 5) is 20.1. The van der Waals surface area contributed by atoms with Crippen LogP contribution in [-0.4, -0.2) is 21.0 Å². The third-order valence-corrected chi connectivity index (χ3v) is 4.20. The molecule has 1 aliphatic carbocycles. The third-order valence-electron chi connectivity index (χ3n) is 3.42. The molecule has 0 fully saturated rings. The van der Waals surface area contributed by atoms with Gasteiger partial charge in [0, 0.05) is 17.3 Å². The number of fused-ring (bicyclic) bond motifs is 1. The molecule has 2 aromatic heterocycles. The van der Waals surface area contributed by atoms with Gasteiger partial charge >= 0.3 is 5.97 Å². The maximum atomic E-state index is 11.4. The number of carboxylic acids is 1. The first-order chi connectivity index (χ1) is 9.74. The smallest absolute Gasteiger partial charge is 0.339 e. The van der Waals surface area contributed by atoms with Gasteiger partial charge in [-0.05, 0) is 37.3 Å². The minimum Gasteiger partial charge on any atom is -0.478 e. The first-order valence-corrected chi connectivity index (χ1v) is 7.50. The molecule has 3 rings (SSSR count). The zero-order chi connectivity index (χ0) is 13.9. The average Bonchev–Trinajstić information content (AvgIpc) is 2.97. The number of pyridine rings is 1. The van der Waals surface area contributed by atoms with Crippen LogP contribution < -0.4 is 5.32 Å². The Labute approximate surface area is 120 Å². The predicted octanol–water partition coefficient (Wildman–Crippen LogP) is 2.73. The molecule has 20 heavy (non-hydrogen) atoms. The van der Waals surface area contributed by atoms with Crippen molar-refractivity contribution in [3.8, 4) is 0 Å². The lowest BCUT2D eigenvalue weighted by atomic mass is 9.95. The summed E-state index contributed by atoms with van der Waals surface area (Å²) in [6.07, 6.45) is 5.83. The van der Waals surface area contributed by atoms with Crippen molar-refractivity contribution < 1.29 is 9.90 Å². The van der Waals surface area contributed by atoms with Crippen LogP contribution in [0.15, 0.2) is 17.6 Å². The molecule has 104 valence electrons. The van der Waals surface area contributed by atoms with Gasteiger partial charge in [0.1, 0.15) is 16.4 Å². The number of aromatic nitrogens is 2. The molecule has 5 nitrogen and oxygen atoms in total. The molecule has 0 saturated heterocycles. The minimum atomic E-state index is -0.937. The van der Waals surface area contributed by atoms with Gasteiger partial charge in [0.05, 0.1) is 6.54 Å². The molecule has 0 bridgehead atoms. The largest absolute Gasteiger partial charge is 0.478 e. The van der Waals surface area contributed by atoms with E-state index in [1.54, 1.807) is 12.3 Å². The molecule has 0 amide bonds. The van der Waals surface area contributed by atoms with Crippen LogP contribution in [-0.2, 0) is 19.4 Å². The third kappa shape index (κ3) is 2.65. The number of carbonyl (C=O) groups is 1. The van der Waals surface area contributed by atoms with E-state index in [1.165, 1.54) is 11.3 Å². The summed E-state index contributed by atoms with van der Waals surface area (Å²) >= 11 is 1.54. The van der Waals surface area contributed by atoms with Crippen LogP contribution in [0.2, 0.25) is 0 Å². The van der Waals surface area contributed by atoms with Crippen molar-refractivity contribution in [2.75, 3.05) is 5.32 Å². The van der Waals surface area contributed by atoms with Gasteiger partial charge in [0.25, 0.3) is 0 Å². The minimum absolute atomic E-state index is 0.252. The molecule has 6 heteroatoms. The number of hydrogen-bond donors (Lipinski definition) is 2. The summed E-state index contributed by atoms with van der Waals surface area (Å²) in [5.74, 6) is -0.485. The van der Waals surface area contributed by atoms with E-state index in [4.69, 9.17) is 0 Å². The molecule has 2 aromatic rings. The Balaban J connectivity index is 1.89. The number of aryl methyl sites for hydroxylation is 2. The van der Waals surface area contributed by atoms with E-state index in [-0.39, 0.29) is 5.56 Å². The molecule has 2 N–H and O–H groups in total. The maximum absolute atomic E-state index is 11.4.